The maximum Gasteiger partial charge on any atom is 0.169 e. The van der Waals surface area contributed by atoms with Gasteiger partial charge in [-0.25, -0.2) is 0 Å². The first-order chi connectivity index (χ1) is 9.27. The second-order valence-electron chi connectivity index (χ2n) is 5.51. The lowest BCUT2D eigenvalue weighted by Crippen LogP contribution is -2.39. The van der Waals surface area contributed by atoms with Gasteiger partial charge in [0, 0.05) is 18.6 Å². The van der Waals surface area contributed by atoms with Crippen LogP contribution in [0.25, 0.3) is 0 Å². The molecule has 3 rings (SSSR count). The van der Waals surface area contributed by atoms with Gasteiger partial charge in [-0.3, -0.25) is 4.99 Å². The molecule has 0 amide bonds. The molecule has 0 N–H and O–H groups in total. The molecule has 2 fully saturated rings. The molecule has 0 radical (unpaired) electrons. The summed E-state index contributed by atoms with van der Waals surface area (Å²) < 4.78 is 11.6. The Kier molecular flexibility index (Phi) is 3.67. The summed E-state index contributed by atoms with van der Waals surface area (Å²) in [6.45, 7) is 4.50. The Balaban J connectivity index is 1.63. The molecule has 3 nitrogen and oxygen atoms in total. The molecule has 1 aromatic rings. The van der Waals surface area contributed by atoms with E-state index in [0.29, 0.717) is 5.92 Å². The number of ether oxygens (including phenoxy) is 2. The monoisotopic (exact) mass is 259 g/mol. The number of rotatable bonds is 2. The predicted molar refractivity (Wildman–Crippen MR) is 75.2 cm³/mol. The summed E-state index contributed by atoms with van der Waals surface area (Å²) in [7, 11) is 0. The van der Waals surface area contributed by atoms with Crippen LogP contribution in [0.3, 0.4) is 0 Å². The molecular weight excluding hydrogens is 238 g/mol. The molecule has 1 aliphatic carbocycles. The fourth-order valence-corrected chi connectivity index (χ4v) is 3.02. The van der Waals surface area contributed by atoms with E-state index in [-0.39, 0.29) is 5.79 Å². The molecule has 0 aromatic heterocycles. The van der Waals surface area contributed by atoms with E-state index in [2.05, 4.69) is 31.2 Å². The Labute approximate surface area is 114 Å². The molecule has 1 saturated heterocycles. The lowest BCUT2D eigenvalue weighted by Gasteiger charge is -2.35. The average Bonchev–Trinajstić information content (AvgIpc) is 2.87. The minimum absolute atomic E-state index is 0.300. The van der Waals surface area contributed by atoms with E-state index in [1.54, 1.807) is 0 Å². The Morgan fingerprint density at radius 1 is 1.21 bits per heavy atom. The summed E-state index contributed by atoms with van der Waals surface area (Å²) >= 11 is 0. The first-order valence-corrected chi connectivity index (χ1v) is 7.12. The molecular formula is C16H21NO2. The lowest BCUT2D eigenvalue weighted by atomic mass is 9.84. The zero-order chi connectivity index (χ0) is 13.1. The Morgan fingerprint density at radius 3 is 2.63 bits per heavy atom. The minimum atomic E-state index is -0.300. The number of hydrogen-bond donors (Lipinski definition) is 0. The molecule has 0 bridgehead atoms. The van der Waals surface area contributed by atoms with E-state index >= 15 is 0 Å². The minimum Gasteiger partial charge on any atom is -0.347 e. The Morgan fingerprint density at radius 2 is 1.95 bits per heavy atom. The Bertz CT molecular complexity index is 449. The topological polar surface area (TPSA) is 30.8 Å². The lowest BCUT2D eigenvalue weighted by molar-refractivity contribution is -0.173. The van der Waals surface area contributed by atoms with Gasteiger partial charge in [0.15, 0.2) is 5.79 Å². The van der Waals surface area contributed by atoms with Crippen molar-refractivity contribution in [2.45, 2.75) is 38.5 Å². The number of aliphatic imine (C=N–C) groups is 1. The normalized spacial score (nSPS) is 28.1. The van der Waals surface area contributed by atoms with E-state index in [1.165, 1.54) is 11.3 Å². The molecule has 1 aliphatic heterocycles. The van der Waals surface area contributed by atoms with Crippen molar-refractivity contribution in [3.8, 4) is 0 Å². The van der Waals surface area contributed by atoms with Gasteiger partial charge in [-0.1, -0.05) is 37.3 Å². The summed E-state index contributed by atoms with van der Waals surface area (Å²) in [5.74, 6) is 0.154. The Hall–Kier alpha value is -1.19. The molecule has 1 saturated carbocycles. The van der Waals surface area contributed by atoms with Crippen LogP contribution in [0.2, 0.25) is 0 Å². The fourth-order valence-electron chi connectivity index (χ4n) is 3.02. The average molecular weight is 259 g/mol. The second kappa shape index (κ2) is 5.43. The van der Waals surface area contributed by atoms with Crippen molar-refractivity contribution < 1.29 is 9.47 Å². The van der Waals surface area contributed by atoms with Crippen molar-refractivity contribution in [2.75, 3.05) is 13.2 Å². The number of nitrogens with zero attached hydrogens (tertiary/aromatic N) is 1. The van der Waals surface area contributed by atoms with Crippen molar-refractivity contribution >= 4 is 5.71 Å². The highest BCUT2D eigenvalue weighted by atomic mass is 16.7. The van der Waals surface area contributed by atoms with E-state index < -0.39 is 0 Å². The fraction of sp³-hybridized carbons (Fsp3) is 0.562. The van der Waals surface area contributed by atoms with Crippen LogP contribution in [0.4, 0.5) is 0 Å². The van der Waals surface area contributed by atoms with Crippen molar-refractivity contribution in [3.63, 3.8) is 0 Å². The third-order valence-corrected chi connectivity index (χ3v) is 4.07. The molecule has 3 heteroatoms. The van der Waals surface area contributed by atoms with Gasteiger partial charge in [0.1, 0.15) is 0 Å². The van der Waals surface area contributed by atoms with Gasteiger partial charge < -0.3 is 9.47 Å². The van der Waals surface area contributed by atoms with Crippen LogP contribution in [0.5, 0.6) is 0 Å². The third kappa shape index (κ3) is 2.88. The van der Waals surface area contributed by atoms with Gasteiger partial charge in [-0.05, 0) is 17.9 Å². The molecule has 1 heterocycles. The first kappa shape index (κ1) is 12.8. The second-order valence-corrected chi connectivity index (χ2v) is 5.51. The molecule has 19 heavy (non-hydrogen) atoms. The SMILES string of the molecule is CC1CC2(CC/C1=N/Cc1ccccc1)OCCO2. The predicted octanol–water partition coefficient (Wildman–Crippen LogP) is 3.19. The van der Waals surface area contributed by atoms with Crippen molar-refractivity contribution in [1.29, 1.82) is 0 Å². The summed E-state index contributed by atoms with van der Waals surface area (Å²) in [6, 6.07) is 10.4. The van der Waals surface area contributed by atoms with Gasteiger partial charge in [0.25, 0.3) is 0 Å². The molecule has 1 unspecified atom stereocenters. The molecule has 1 aromatic carbocycles. The highest BCUT2D eigenvalue weighted by Crippen LogP contribution is 2.37. The van der Waals surface area contributed by atoms with Crippen LogP contribution in [0.1, 0.15) is 31.7 Å². The zero-order valence-corrected chi connectivity index (χ0v) is 11.5. The van der Waals surface area contributed by atoms with Gasteiger partial charge in [0.05, 0.1) is 19.8 Å². The van der Waals surface area contributed by atoms with Gasteiger partial charge in [-0.15, -0.1) is 0 Å². The quantitative estimate of drug-likeness (QED) is 0.816. The third-order valence-electron chi connectivity index (χ3n) is 4.07. The number of hydrogen-bond acceptors (Lipinski definition) is 3. The van der Waals surface area contributed by atoms with E-state index in [1.807, 2.05) is 6.07 Å². The van der Waals surface area contributed by atoms with Gasteiger partial charge in [0.2, 0.25) is 0 Å². The smallest absolute Gasteiger partial charge is 0.169 e. The molecule has 2 aliphatic rings. The van der Waals surface area contributed by atoms with Crippen molar-refractivity contribution in [3.05, 3.63) is 35.9 Å². The standard InChI is InChI=1S/C16H21NO2/c1-13-11-16(18-9-10-19-16)8-7-15(13)17-12-14-5-3-2-4-6-14/h2-6,13H,7-12H2,1H3/b17-15-. The largest absolute Gasteiger partial charge is 0.347 e. The zero-order valence-electron chi connectivity index (χ0n) is 11.5. The maximum atomic E-state index is 5.79. The highest BCUT2D eigenvalue weighted by Gasteiger charge is 2.42. The number of benzene rings is 1. The first-order valence-electron chi connectivity index (χ1n) is 7.12. The van der Waals surface area contributed by atoms with Crippen molar-refractivity contribution in [1.82, 2.24) is 0 Å². The van der Waals surface area contributed by atoms with Crippen LogP contribution in [-0.4, -0.2) is 24.7 Å². The van der Waals surface area contributed by atoms with Crippen molar-refractivity contribution in [2.24, 2.45) is 10.9 Å². The highest BCUT2D eigenvalue weighted by molar-refractivity contribution is 5.87. The molecule has 102 valence electrons. The summed E-state index contributed by atoms with van der Waals surface area (Å²) in [5.41, 5.74) is 2.59. The molecule has 1 spiro atoms. The molecule has 1 atom stereocenters. The van der Waals surface area contributed by atoms with E-state index in [0.717, 1.165) is 39.0 Å². The van der Waals surface area contributed by atoms with Crippen LogP contribution < -0.4 is 0 Å². The van der Waals surface area contributed by atoms with Gasteiger partial charge >= 0.3 is 0 Å². The van der Waals surface area contributed by atoms with Crippen LogP contribution in [0, 0.1) is 5.92 Å². The van der Waals surface area contributed by atoms with E-state index in [4.69, 9.17) is 14.5 Å². The summed E-state index contributed by atoms with van der Waals surface area (Å²) in [6.07, 6.45) is 2.89. The van der Waals surface area contributed by atoms with E-state index in [9.17, 15) is 0 Å². The van der Waals surface area contributed by atoms with Gasteiger partial charge in [-0.2, -0.15) is 0 Å². The van der Waals surface area contributed by atoms with Crippen LogP contribution in [0.15, 0.2) is 35.3 Å². The summed E-state index contributed by atoms with van der Waals surface area (Å²) in [5, 5.41) is 0. The van der Waals surface area contributed by atoms with Crippen LogP contribution in [-0.2, 0) is 16.0 Å². The van der Waals surface area contributed by atoms with Crippen LogP contribution >= 0.6 is 0 Å². The maximum absolute atomic E-state index is 5.79. The summed E-state index contributed by atoms with van der Waals surface area (Å²) in [4.78, 5) is 4.79.